The Balaban J connectivity index is 1.83. The number of hydrogen-bond acceptors (Lipinski definition) is 4. The van der Waals surface area contributed by atoms with Gasteiger partial charge in [-0.25, -0.2) is 0 Å². The fourth-order valence-electron chi connectivity index (χ4n) is 2.17. The first-order chi connectivity index (χ1) is 11.2. The highest BCUT2D eigenvalue weighted by Crippen LogP contribution is 2.22. The lowest BCUT2D eigenvalue weighted by Crippen LogP contribution is -2.10. The summed E-state index contributed by atoms with van der Waals surface area (Å²) in [4.78, 5) is 0. The van der Waals surface area contributed by atoms with E-state index in [-0.39, 0.29) is 0 Å². The Morgan fingerprint density at radius 3 is 2.52 bits per heavy atom. The van der Waals surface area contributed by atoms with E-state index in [0.29, 0.717) is 24.5 Å². The molecule has 122 valence electrons. The molecule has 4 nitrogen and oxygen atoms in total. The number of aryl methyl sites for hydroxylation is 1. The fraction of sp³-hybridized carbons (Fsp3) is 0.278. The minimum Gasteiger partial charge on any atom is -0.490 e. The standard InChI is InChI=1S/C18H20BrNO3/c1-2-3-14-4-7-17(8-5-14)22-10-11-23-18-9-6-16(19)12-15(18)13-20-21/h4-9,12-13,21H,2-3,10-11H2,1H3. The molecule has 0 unspecified atom stereocenters. The number of oxime groups is 1. The van der Waals surface area contributed by atoms with Crippen molar-refractivity contribution in [3.63, 3.8) is 0 Å². The maximum atomic E-state index is 8.69. The summed E-state index contributed by atoms with van der Waals surface area (Å²) in [5, 5.41) is 11.7. The summed E-state index contributed by atoms with van der Waals surface area (Å²) >= 11 is 3.37. The first-order valence-electron chi connectivity index (χ1n) is 7.54. The van der Waals surface area contributed by atoms with E-state index in [1.807, 2.05) is 30.3 Å². The van der Waals surface area contributed by atoms with Gasteiger partial charge in [0.1, 0.15) is 24.7 Å². The number of hydrogen-bond donors (Lipinski definition) is 1. The van der Waals surface area contributed by atoms with Gasteiger partial charge < -0.3 is 14.7 Å². The molecule has 0 radical (unpaired) electrons. The van der Waals surface area contributed by atoms with Gasteiger partial charge in [0.05, 0.1) is 6.21 Å². The van der Waals surface area contributed by atoms with E-state index in [9.17, 15) is 0 Å². The van der Waals surface area contributed by atoms with E-state index >= 15 is 0 Å². The molecule has 0 aromatic heterocycles. The molecule has 1 N–H and O–H groups in total. The van der Waals surface area contributed by atoms with Crippen molar-refractivity contribution in [2.24, 2.45) is 5.16 Å². The molecule has 0 fully saturated rings. The lowest BCUT2D eigenvalue weighted by Gasteiger charge is -2.11. The second-order valence-electron chi connectivity index (χ2n) is 5.02. The van der Waals surface area contributed by atoms with E-state index in [1.165, 1.54) is 11.8 Å². The molecule has 2 rings (SSSR count). The number of nitrogens with zero attached hydrogens (tertiary/aromatic N) is 1. The molecule has 5 heteroatoms. The molecule has 0 aliphatic heterocycles. The van der Waals surface area contributed by atoms with Crippen LogP contribution in [-0.2, 0) is 6.42 Å². The highest BCUT2D eigenvalue weighted by Gasteiger charge is 2.03. The average Bonchev–Trinajstić information content (AvgIpc) is 2.55. The summed E-state index contributed by atoms with van der Waals surface area (Å²) < 4.78 is 12.2. The highest BCUT2D eigenvalue weighted by molar-refractivity contribution is 9.10. The summed E-state index contributed by atoms with van der Waals surface area (Å²) in [6.45, 7) is 3.02. The molecule has 0 amide bonds. The van der Waals surface area contributed by atoms with E-state index in [2.05, 4.69) is 40.1 Å². The molecule has 2 aromatic rings. The SMILES string of the molecule is CCCc1ccc(OCCOc2ccc(Br)cc2C=NO)cc1. The maximum Gasteiger partial charge on any atom is 0.128 e. The van der Waals surface area contributed by atoms with Crippen LogP contribution in [-0.4, -0.2) is 24.6 Å². The van der Waals surface area contributed by atoms with Gasteiger partial charge in [0.15, 0.2) is 0 Å². The number of rotatable bonds is 8. The Morgan fingerprint density at radius 1 is 1.09 bits per heavy atom. The normalized spacial score (nSPS) is 10.9. The molecule has 0 heterocycles. The topological polar surface area (TPSA) is 51.0 Å². The first-order valence-corrected chi connectivity index (χ1v) is 8.33. The fourth-order valence-corrected chi connectivity index (χ4v) is 2.54. The van der Waals surface area contributed by atoms with Crippen LogP contribution in [0.15, 0.2) is 52.1 Å². The van der Waals surface area contributed by atoms with Crippen molar-refractivity contribution in [1.29, 1.82) is 0 Å². The second-order valence-corrected chi connectivity index (χ2v) is 5.93. The summed E-state index contributed by atoms with van der Waals surface area (Å²) in [7, 11) is 0. The second kappa shape index (κ2) is 9.20. The van der Waals surface area contributed by atoms with Crippen LogP contribution in [0.5, 0.6) is 11.5 Å². The van der Waals surface area contributed by atoms with Gasteiger partial charge in [-0.1, -0.05) is 46.6 Å². The first kappa shape index (κ1) is 17.3. The zero-order chi connectivity index (χ0) is 16.5. The molecule has 23 heavy (non-hydrogen) atoms. The Bertz CT molecular complexity index is 641. The molecule has 0 atom stereocenters. The lowest BCUT2D eigenvalue weighted by atomic mass is 10.1. The molecule has 0 saturated carbocycles. The number of ether oxygens (including phenoxy) is 2. The minimum absolute atomic E-state index is 0.407. The summed E-state index contributed by atoms with van der Waals surface area (Å²) in [6, 6.07) is 13.7. The minimum atomic E-state index is 0.407. The monoisotopic (exact) mass is 377 g/mol. The third kappa shape index (κ3) is 5.60. The molecular weight excluding hydrogens is 358 g/mol. The van der Waals surface area contributed by atoms with Crippen molar-refractivity contribution in [3.8, 4) is 11.5 Å². The molecule has 0 bridgehead atoms. The smallest absolute Gasteiger partial charge is 0.128 e. The third-order valence-electron chi connectivity index (χ3n) is 3.24. The van der Waals surface area contributed by atoms with Crippen LogP contribution in [0, 0.1) is 0 Å². The highest BCUT2D eigenvalue weighted by atomic mass is 79.9. The van der Waals surface area contributed by atoms with Crippen LogP contribution in [0.1, 0.15) is 24.5 Å². The molecule has 2 aromatic carbocycles. The molecule has 0 aliphatic carbocycles. The maximum absolute atomic E-state index is 8.69. The van der Waals surface area contributed by atoms with Crippen LogP contribution in [0.25, 0.3) is 0 Å². The number of halogens is 1. The van der Waals surface area contributed by atoms with Gasteiger partial charge in [-0.2, -0.15) is 0 Å². The Morgan fingerprint density at radius 2 is 1.83 bits per heavy atom. The predicted molar refractivity (Wildman–Crippen MR) is 94.9 cm³/mol. The largest absolute Gasteiger partial charge is 0.490 e. The molecular formula is C18H20BrNO3. The van der Waals surface area contributed by atoms with Crippen molar-refractivity contribution in [2.75, 3.05) is 13.2 Å². The Hall–Kier alpha value is -2.01. The zero-order valence-corrected chi connectivity index (χ0v) is 14.6. The zero-order valence-electron chi connectivity index (χ0n) is 13.0. The van der Waals surface area contributed by atoms with Crippen molar-refractivity contribution >= 4 is 22.1 Å². The lowest BCUT2D eigenvalue weighted by molar-refractivity contribution is 0.217. The van der Waals surface area contributed by atoms with Crippen LogP contribution >= 0.6 is 15.9 Å². The van der Waals surface area contributed by atoms with Crippen LogP contribution in [0.2, 0.25) is 0 Å². The van der Waals surface area contributed by atoms with Gasteiger partial charge in [-0.05, 0) is 42.3 Å². The molecule has 0 aliphatic rings. The van der Waals surface area contributed by atoms with Gasteiger partial charge in [-0.15, -0.1) is 0 Å². The van der Waals surface area contributed by atoms with Gasteiger partial charge in [0, 0.05) is 10.0 Å². The van der Waals surface area contributed by atoms with Crippen LogP contribution in [0.3, 0.4) is 0 Å². The predicted octanol–water partition coefficient (Wildman–Crippen LogP) is 4.67. The van der Waals surface area contributed by atoms with E-state index in [1.54, 1.807) is 0 Å². The summed E-state index contributed by atoms with van der Waals surface area (Å²) in [5.74, 6) is 1.48. The summed E-state index contributed by atoms with van der Waals surface area (Å²) in [6.07, 6.45) is 3.57. The van der Waals surface area contributed by atoms with Crippen molar-refractivity contribution < 1.29 is 14.7 Å². The van der Waals surface area contributed by atoms with Gasteiger partial charge in [0.25, 0.3) is 0 Å². The van der Waals surface area contributed by atoms with E-state index in [4.69, 9.17) is 14.7 Å². The van der Waals surface area contributed by atoms with Gasteiger partial charge >= 0.3 is 0 Å². The van der Waals surface area contributed by atoms with Crippen molar-refractivity contribution in [3.05, 3.63) is 58.1 Å². The van der Waals surface area contributed by atoms with E-state index < -0.39 is 0 Å². The van der Waals surface area contributed by atoms with Crippen LogP contribution < -0.4 is 9.47 Å². The van der Waals surface area contributed by atoms with Crippen molar-refractivity contribution in [1.82, 2.24) is 0 Å². The Labute approximate surface area is 144 Å². The molecule has 0 spiro atoms. The quantitative estimate of drug-likeness (QED) is 0.314. The number of benzene rings is 2. The van der Waals surface area contributed by atoms with Crippen LogP contribution in [0.4, 0.5) is 0 Å². The third-order valence-corrected chi connectivity index (χ3v) is 3.73. The van der Waals surface area contributed by atoms with Gasteiger partial charge in [0.2, 0.25) is 0 Å². The molecule has 0 saturated heterocycles. The Kier molecular flexibility index (Phi) is 6.94. The summed E-state index contributed by atoms with van der Waals surface area (Å²) in [5.41, 5.74) is 2.02. The van der Waals surface area contributed by atoms with Crippen molar-refractivity contribution in [2.45, 2.75) is 19.8 Å². The van der Waals surface area contributed by atoms with E-state index in [0.717, 1.165) is 23.1 Å². The van der Waals surface area contributed by atoms with Gasteiger partial charge in [-0.3, -0.25) is 0 Å². The average molecular weight is 378 g/mol.